The van der Waals surface area contributed by atoms with E-state index in [9.17, 15) is 4.79 Å². The van der Waals surface area contributed by atoms with Crippen molar-refractivity contribution in [3.63, 3.8) is 0 Å². The summed E-state index contributed by atoms with van der Waals surface area (Å²) in [6.07, 6.45) is 23.6. The Morgan fingerprint density at radius 2 is 1.05 bits per heavy atom. The Bertz CT molecular complexity index is 213. The minimum atomic E-state index is 0. The first-order valence-corrected chi connectivity index (χ1v) is 8.50. The summed E-state index contributed by atoms with van der Waals surface area (Å²) in [4.78, 5) is 10.1. The first-order valence-electron chi connectivity index (χ1n) is 8.50. The summed E-state index contributed by atoms with van der Waals surface area (Å²) in [6.45, 7) is 2.27. The van der Waals surface area contributed by atoms with Crippen LogP contribution in [0.4, 0.5) is 0 Å². The van der Waals surface area contributed by atoms with Gasteiger partial charge in [0, 0.05) is 6.42 Å². The Morgan fingerprint density at radius 3 is 1.48 bits per heavy atom. The molecule has 0 bridgehead atoms. The van der Waals surface area contributed by atoms with E-state index in [-0.39, 0.29) is 37.1 Å². The van der Waals surface area contributed by atoms with Crippen LogP contribution >= 0.6 is 0 Å². The number of hydrogen-bond acceptors (Lipinski definition) is 2. The molecule has 3 N–H and O–H groups in total. The molecule has 0 amide bonds. The smallest absolute Gasteiger partial charge is 1.00 e. The second kappa shape index (κ2) is 25.3. The monoisotopic (exact) mass is 307 g/mol. The fraction of sp³-hybridized carbons (Fsp3) is 0.833. The molecule has 0 aliphatic rings. The molecule has 0 aliphatic heterocycles. The van der Waals surface area contributed by atoms with Gasteiger partial charge in [-0.25, -0.2) is 0 Å². The van der Waals surface area contributed by atoms with Gasteiger partial charge >= 0.3 is 29.6 Å². The quantitative estimate of drug-likeness (QED) is 0.218. The van der Waals surface area contributed by atoms with Crippen LogP contribution in [0.25, 0.3) is 0 Å². The molecule has 2 nitrogen and oxygen atoms in total. The molecule has 0 aromatic carbocycles. The van der Waals surface area contributed by atoms with E-state index in [1.807, 2.05) is 0 Å². The Labute approximate surface area is 156 Å². The van der Waals surface area contributed by atoms with Gasteiger partial charge in [0.05, 0.1) is 0 Å². The average Bonchev–Trinajstić information content (AvgIpc) is 2.43. The van der Waals surface area contributed by atoms with Gasteiger partial charge in [-0.3, -0.25) is 0 Å². The summed E-state index contributed by atoms with van der Waals surface area (Å²) in [7, 11) is 0. The number of hydrogen-bond donors (Lipinski definition) is 1. The minimum absolute atomic E-state index is 0. The minimum Gasteiger partial charge on any atom is -1.00 e. The van der Waals surface area contributed by atoms with E-state index in [0.717, 1.165) is 19.1 Å². The van der Waals surface area contributed by atoms with Crippen molar-refractivity contribution in [3.05, 3.63) is 12.2 Å². The largest absolute Gasteiger partial charge is 1.00 e. The molecule has 0 aromatic heterocycles. The van der Waals surface area contributed by atoms with Gasteiger partial charge in [0.15, 0.2) is 0 Å². The second-order valence-corrected chi connectivity index (χ2v) is 5.54. The van der Waals surface area contributed by atoms with Crippen molar-refractivity contribution >= 4 is 6.29 Å². The molecule has 0 aliphatic carbocycles. The molecule has 0 spiro atoms. The van der Waals surface area contributed by atoms with Crippen LogP contribution in [-0.2, 0) is 4.79 Å². The van der Waals surface area contributed by atoms with Crippen molar-refractivity contribution < 1.29 is 35.8 Å². The molecule has 0 aromatic rings. The van der Waals surface area contributed by atoms with Gasteiger partial charge in [-0.05, 0) is 32.1 Å². The average molecular weight is 307 g/mol. The van der Waals surface area contributed by atoms with Crippen LogP contribution in [0.1, 0.15) is 98.2 Å². The van der Waals surface area contributed by atoms with Crippen LogP contribution in [0.5, 0.6) is 0 Å². The van der Waals surface area contributed by atoms with Gasteiger partial charge in [-0.1, -0.05) is 70.4 Å². The van der Waals surface area contributed by atoms with Gasteiger partial charge in [0.25, 0.3) is 0 Å². The maximum atomic E-state index is 10.1. The standard InChI is InChI=1S/C18H34O.H3N.Na.H/c1-2-3-4-5-6-7-8-9-10-11-12-13-14-15-16-17-18-19;;;/h9-10,18H,2-8,11-17H2,1H3;1H3;;/q;;+1;-1/b10-9-;;;. The van der Waals surface area contributed by atoms with E-state index in [0.29, 0.717) is 0 Å². The molecule has 122 valence electrons. The SMILES string of the molecule is CCCCCCCC/C=C\CCCCCCCC=O.N.[H-].[Na+]. The zero-order chi connectivity index (χ0) is 14.0. The first kappa shape index (κ1) is 26.3. The van der Waals surface area contributed by atoms with Crippen molar-refractivity contribution in [2.24, 2.45) is 0 Å². The third-order valence-electron chi connectivity index (χ3n) is 3.58. The number of carbonyl (C=O) groups is 1. The predicted octanol–water partition coefficient (Wildman–Crippen LogP) is 3.50. The Kier molecular flexibility index (Phi) is 31.7. The number of rotatable bonds is 15. The molecule has 0 unspecified atom stereocenters. The van der Waals surface area contributed by atoms with Gasteiger partial charge in [-0.15, -0.1) is 0 Å². The molecule has 0 saturated heterocycles. The second-order valence-electron chi connectivity index (χ2n) is 5.54. The van der Waals surface area contributed by atoms with Crippen molar-refractivity contribution in [3.8, 4) is 0 Å². The van der Waals surface area contributed by atoms with Crippen molar-refractivity contribution in [1.82, 2.24) is 6.15 Å². The van der Waals surface area contributed by atoms with E-state index < -0.39 is 0 Å². The number of aldehydes is 1. The first-order chi connectivity index (χ1) is 9.41. The van der Waals surface area contributed by atoms with Crippen LogP contribution in [0.15, 0.2) is 12.2 Å². The van der Waals surface area contributed by atoms with Gasteiger partial charge < -0.3 is 12.4 Å². The van der Waals surface area contributed by atoms with Crippen LogP contribution < -0.4 is 35.7 Å². The Morgan fingerprint density at radius 1 is 0.667 bits per heavy atom. The zero-order valence-corrected chi connectivity index (χ0v) is 16.7. The molecular weight excluding hydrogens is 269 g/mol. The van der Waals surface area contributed by atoms with Crippen molar-refractivity contribution in [1.29, 1.82) is 0 Å². The van der Waals surface area contributed by atoms with Crippen molar-refractivity contribution in [2.75, 3.05) is 0 Å². The third-order valence-corrected chi connectivity index (χ3v) is 3.58. The normalized spacial score (nSPS) is 10.1. The van der Waals surface area contributed by atoms with Crippen molar-refractivity contribution in [2.45, 2.75) is 96.8 Å². The summed E-state index contributed by atoms with van der Waals surface area (Å²) >= 11 is 0. The molecule has 0 saturated carbocycles. The molecule has 0 rings (SSSR count). The van der Waals surface area contributed by atoms with E-state index in [2.05, 4.69) is 19.1 Å². The molecule has 0 fully saturated rings. The Hall–Kier alpha value is 0.370. The summed E-state index contributed by atoms with van der Waals surface area (Å²) in [5, 5.41) is 0. The summed E-state index contributed by atoms with van der Waals surface area (Å²) in [5.41, 5.74) is 0. The fourth-order valence-corrected chi connectivity index (χ4v) is 2.30. The van der Waals surface area contributed by atoms with Crippen LogP contribution in [0.2, 0.25) is 0 Å². The summed E-state index contributed by atoms with van der Waals surface area (Å²) in [5.74, 6) is 0. The van der Waals surface area contributed by atoms with Crippen LogP contribution in [0, 0.1) is 0 Å². The van der Waals surface area contributed by atoms with E-state index in [1.54, 1.807) is 0 Å². The van der Waals surface area contributed by atoms with Gasteiger partial charge in [0.2, 0.25) is 0 Å². The van der Waals surface area contributed by atoms with Crippen LogP contribution in [0.3, 0.4) is 0 Å². The molecule has 0 heterocycles. The van der Waals surface area contributed by atoms with Gasteiger partial charge in [0.1, 0.15) is 6.29 Å². The van der Waals surface area contributed by atoms with Crippen LogP contribution in [-0.4, -0.2) is 6.29 Å². The summed E-state index contributed by atoms with van der Waals surface area (Å²) < 4.78 is 0. The molecule has 21 heavy (non-hydrogen) atoms. The maximum Gasteiger partial charge on any atom is 1.00 e. The van der Waals surface area contributed by atoms with E-state index in [4.69, 9.17) is 0 Å². The fourth-order valence-electron chi connectivity index (χ4n) is 2.30. The molecular formula is C18H38NNaO. The number of carbonyl (C=O) groups excluding carboxylic acids is 1. The Balaban J connectivity index is -0.000000540. The number of allylic oxidation sites excluding steroid dienone is 2. The van der Waals surface area contributed by atoms with E-state index >= 15 is 0 Å². The topological polar surface area (TPSA) is 52.1 Å². The number of unbranched alkanes of at least 4 members (excludes halogenated alkanes) is 12. The summed E-state index contributed by atoms with van der Waals surface area (Å²) in [6, 6.07) is 0. The van der Waals surface area contributed by atoms with Gasteiger partial charge in [-0.2, -0.15) is 0 Å². The van der Waals surface area contributed by atoms with E-state index in [1.165, 1.54) is 77.0 Å². The zero-order valence-electron chi connectivity index (χ0n) is 15.7. The molecule has 0 atom stereocenters. The third kappa shape index (κ3) is 25.7. The molecule has 3 heteroatoms. The predicted molar refractivity (Wildman–Crippen MR) is 91.7 cm³/mol. The molecule has 0 radical (unpaired) electrons. The maximum absolute atomic E-state index is 10.1.